The molecule has 7 nitrogen and oxygen atoms in total. The fourth-order valence-electron chi connectivity index (χ4n) is 1.42. The lowest BCUT2D eigenvalue weighted by Gasteiger charge is -2.00. The summed E-state index contributed by atoms with van der Waals surface area (Å²) >= 11 is 3.04. The lowest BCUT2D eigenvalue weighted by Crippen LogP contribution is -2.03. The minimum atomic E-state index is -0.716. The first-order chi connectivity index (χ1) is 9.01. The third-order valence-electron chi connectivity index (χ3n) is 2.26. The lowest BCUT2D eigenvalue weighted by molar-refractivity contribution is -0.394. The number of nitro groups is 1. The van der Waals surface area contributed by atoms with Crippen molar-refractivity contribution >= 4 is 21.9 Å². The van der Waals surface area contributed by atoms with E-state index in [2.05, 4.69) is 26.0 Å². The van der Waals surface area contributed by atoms with E-state index in [-0.39, 0.29) is 16.8 Å². The number of hydrogen-bond acceptors (Lipinski definition) is 5. The summed E-state index contributed by atoms with van der Waals surface area (Å²) < 4.78 is 14.6. The van der Waals surface area contributed by atoms with Crippen LogP contribution in [0.4, 0.5) is 10.3 Å². The van der Waals surface area contributed by atoms with Crippen LogP contribution in [0.25, 0.3) is 0 Å². The Balaban J connectivity index is 2.31. The van der Waals surface area contributed by atoms with E-state index in [1.54, 1.807) is 6.07 Å². The molecule has 0 saturated carbocycles. The Hall–Kier alpha value is -2.34. The Kier molecular flexibility index (Phi) is 3.52. The van der Waals surface area contributed by atoms with E-state index < -0.39 is 16.7 Å². The summed E-state index contributed by atoms with van der Waals surface area (Å²) in [6.07, 6.45) is 0. The van der Waals surface area contributed by atoms with Crippen molar-refractivity contribution in [3.05, 3.63) is 50.0 Å². The fraction of sp³-hybridized carbons (Fsp3) is 0.100. The molecule has 0 aliphatic rings. The van der Waals surface area contributed by atoms with Crippen LogP contribution in [-0.4, -0.2) is 19.7 Å². The van der Waals surface area contributed by atoms with Gasteiger partial charge in [-0.25, -0.2) is 4.39 Å². The van der Waals surface area contributed by atoms with Crippen molar-refractivity contribution in [1.82, 2.24) is 14.8 Å². The number of hydrogen-bond donors (Lipinski definition) is 0. The maximum atomic E-state index is 13.1. The van der Waals surface area contributed by atoms with Crippen molar-refractivity contribution in [2.45, 2.75) is 6.54 Å². The first-order valence-electron chi connectivity index (χ1n) is 4.94. The van der Waals surface area contributed by atoms with Gasteiger partial charge in [-0.3, -0.25) is 0 Å². The van der Waals surface area contributed by atoms with E-state index in [0.717, 1.165) is 6.07 Å². The van der Waals surface area contributed by atoms with Crippen LogP contribution in [-0.2, 0) is 6.54 Å². The highest BCUT2D eigenvalue weighted by Crippen LogP contribution is 2.16. The lowest BCUT2D eigenvalue weighted by atomic mass is 10.1. The zero-order valence-corrected chi connectivity index (χ0v) is 10.8. The van der Waals surface area contributed by atoms with Crippen LogP contribution in [0.3, 0.4) is 0 Å². The largest absolute Gasteiger partial charge is 0.492 e. The second-order valence-corrected chi connectivity index (χ2v) is 4.23. The summed E-state index contributed by atoms with van der Waals surface area (Å²) in [5.41, 5.74) is 0.488. The van der Waals surface area contributed by atoms with E-state index >= 15 is 0 Å². The summed E-state index contributed by atoms with van der Waals surface area (Å²) in [5, 5.41) is 22.9. The van der Waals surface area contributed by atoms with Crippen LogP contribution in [0, 0.1) is 27.3 Å². The SMILES string of the molecule is N#Cc1cc(Cn2nc([N+](=O)[O-])nc2Br)ccc1F. The van der Waals surface area contributed by atoms with Gasteiger partial charge in [0.1, 0.15) is 11.9 Å². The molecule has 19 heavy (non-hydrogen) atoms. The molecule has 0 amide bonds. The Bertz CT molecular complexity index is 694. The van der Waals surface area contributed by atoms with Crippen LogP contribution in [0.1, 0.15) is 11.1 Å². The first kappa shape index (κ1) is 13.1. The molecule has 1 heterocycles. The third-order valence-corrected chi connectivity index (χ3v) is 2.85. The fourth-order valence-corrected chi connectivity index (χ4v) is 1.78. The van der Waals surface area contributed by atoms with Crippen molar-refractivity contribution in [3.8, 4) is 6.07 Å². The Morgan fingerprint density at radius 2 is 2.32 bits per heavy atom. The van der Waals surface area contributed by atoms with Crippen molar-refractivity contribution in [2.24, 2.45) is 0 Å². The topological polar surface area (TPSA) is 97.6 Å². The van der Waals surface area contributed by atoms with E-state index in [9.17, 15) is 14.5 Å². The molecular formula is C10H5BrFN5O2. The van der Waals surface area contributed by atoms with Gasteiger partial charge in [-0.05, 0) is 27.6 Å². The van der Waals surface area contributed by atoms with Crippen molar-refractivity contribution in [2.75, 3.05) is 0 Å². The molecule has 0 bridgehead atoms. The molecule has 0 N–H and O–H groups in total. The van der Waals surface area contributed by atoms with Gasteiger partial charge in [-0.1, -0.05) is 6.07 Å². The smallest absolute Gasteiger partial charge is 0.390 e. The highest BCUT2D eigenvalue weighted by molar-refractivity contribution is 9.10. The van der Waals surface area contributed by atoms with Crippen LogP contribution in [0.2, 0.25) is 0 Å². The second-order valence-electron chi connectivity index (χ2n) is 3.52. The summed E-state index contributed by atoms with van der Waals surface area (Å²) in [6.45, 7) is 0.135. The standard InChI is InChI=1S/C10H5BrFN5O2/c11-9-14-10(17(18)19)15-16(9)5-6-1-2-8(12)7(3-6)4-13/h1-3H,5H2. The zero-order valence-electron chi connectivity index (χ0n) is 9.25. The Morgan fingerprint density at radius 1 is 1.58 bits per heavy atom. The molecule has 2 aromatic rings. The number of benzene rings is 1. The summed E-state index contributed by atoms with van der Waals surface area (Å²) in [6, 6.07) is 5.70. The molecule has 9 heteroatoms. The summed E-state index contributed by atoms with van der Waals surface area (Å²) in [7, 11) is 0. The first-order valence-corrected chi connectivity index (χ1v) is 5.74. The van der Waals surface area contributed by atoms with Crippen LogP contribution >= 0.6 is 15.9 Å². The maximum Gasteiger partial charge on any atom is 0.492 e. The predicted octanol–water partition coefficient (Wildman–Crippen LogP) is 2.01. The van der Waals surface area contributed by atoms with Crippen molar-refractivity contribution < 1.29 is 9.31 Å². The van der Waals surface area contributed by atoms with E-state index in [0.29, 0.717) is 5.56 Å². The van der Waals surface area contributed by atoms with Gasteiger partial charge < -0.3 is 10.1 Å². The summed E-state index contributed by atoms with van der Waals surface area (Å²) in [4.78, 5) is 13.4. The van der Waals surface area contributed by atoms with Crippen molar-refractivity contribution in [3.63, 3.8) is 0 Å². The third kappa shape index (κ3) is 2.74. The minimum absolute atomic E-state index is 0.0942. The maximum absolute atomic E-state index is 13.1. The van der Waals surface area contributed by atoms with Gasteiger partial charge in [-0.15, -0.1) is 0 Å². The molecule has 2 rings (SSSR count). The van der Waals surface area contributed by atoms with Gasteiger partial charge in [-0.2, -0.15) is 9.94 Å². The molecule has 0 saturated heterocycles. The molecule has 0 unspecified atom stereocenters. The monoisotopic (exact) mass is 325 g/mol. The Labute approximate surface area is 114 Å². The molecular weight excluding hydrogens is 321 g/mol. The highest BCUT2D eigenvalue weighted by Gasteiger charge is 2.19. The van der Waals surface area contributed by atoms with E-state index in [4.69, 9.17) is 5.26 Å². The number of rotatable bonds is 3. The molecule has 0 atom stereocenters. The van der Waals surface area contributed by atoms with E-state index in [1.807, 2.05) is 0 Å². The molecule has 0 aliphatic carbocycles. The zero-order chi connectivity index (χ0) is 14.0. The van der Waals surface area contributed by atoms with Gasteiger partial charge >= 0.3 is 5.95 Å². The number of nitrogens with zero attached hydrogens (tertiary/aromatic N) is 5. The molecule has 1 aromatic carbocycles. The van der Waals surface area contributed by atoms with Crippen molar-refractivity contribution in [1.29, 1.82) is 5.26 Å². The van der Waals surface area contributed by atoms with Gasteiger partial charge in [0, 0.05) is 21.0 Å². The van der Waals surface area contributed by atoms with Crippen LogP contribution < -0.4 is 0 Å². The molecule has 0 fully saturated rings. The summed E-state index contributed by atoms with van der Waals surface area (Å²) in [5.74, 6) is -1.15. The molecule has 0 aliphatic heterocycles. The van der Waals surface area contributed by atoms with Gasteiger partial charge in [0.2, 0.25) is 0 Å². The average Bonchev–Trinajstić information content (AvgIpc) is 2.73. The quantitative estimate of drug-likeness (QED) is 0.635. The molecule has 0 radical (unpaired) electrons. The van der Waals surface area contributed by atoms with Gasteiger partial charge in [0.15, 0.2) is 0 Å². The number of aromatic nitrogens is 3. The highest BCUT2D eigenvalue weighted by atomic mass is 79.9. The van der Waals surface area contributed by atoms with Gasteiger partial charge in [0.05, 0.1) is 12.1 Å². The number of nitriles is 1. The molecule has 96 valence electrons. The second kappa shape index (κ2) is 5.11. The minimum Gasteiger partial charge on any atom is -0.390 e. The average molecular weight is 326 g/mol. The molecule has 0 spiro atoms. The predicted molar refractivity (Wildman–Crippen MR) is 64.6 cm³/mol. The van der Waals surface area contributed by atoms with E-state index in [1.165, 1.54) is 16.8 Å². The van der Waals surface area contributed by atoms with Crippen LogP contribution in [0.15, 0.2) is 22.9 Å². The number of halogens is 2. The van der Waals surface area contributed by atoms with Gasteiger partial charge in [0.25, 0.3) is 4.73 Å². The normalized spacial score (nSPS) is 10.2. The molecule has 1 aromatic heterocycles. The Morgan fingerprint density at radius 3 is 2.89 bits per heavy atom. The van der Waals surface area contributed by atoms with Crippen LogP contribution in [0.5, 0.6) is 0 Å².